The molecule has 1 aromatic carbocycles. The first kappa shape index (κ1) is 13.1. The molecule has 1 atom stereocenters. The Bertz CT molecular complexity index is 771. The van der Waals surface area contributed by atoms with E-state index < -0.39 is 17.1 Å². The predicted molar refractivity (Wildman–Crippen MR) is 79.3 cm³/mol. The zero-order valence-corrected chi connectivity index (χ0v) is 11.9. The van der Waals surface area contributed by atoms with Crippen LogP contribution < -0.4 is 5.73 Å². The van der Waals surface area contributed by atoms with E-state index in [1.54, 1.807) is 30.6 Å². The zero-order valence-electron chi connectivity index (χ0n) is 10.3. The number of rotatable bonds is 3. The highest BCUT2D eigenvalue weighted by Gasteiger charge is 2.20. The molecule has 0 spiro atoms. The highest BCUT2D eigenvalue weighted by Crippen LogP contribution is 2.32. The average Bonchev–Trinajstić information content (AvgIpc) is 2.91. The molecule has 2 heterocycles. The first-order chi connectivity index (χ1) is 9.66. The molecular weight excluding hydrogens is 292 g/mol. The van der Waals surface area contributed by atoms with Crippen molar-refractivity contribution in [3.05, 3.63) is 53.7 Å². The third kappa shape index (κ3) is 2.29. The zero-order chi connectivity index (χ0) is 14.1. The Balaban J connectivity index is 2.14. The molecule has 20 heavy (non-hydrogen) atoms. The van der Waals surface area contributed by atoms with Crippen LogP contribution in [0.15, 0.2) is 58.6 Å². The van der Waals surface area contributed by atoms with Crippen LogP contribution in [-0.4, -0.2) is 15.4 Å². The van der Waals surface area contributed by atoms with Crippen LogP contribution in [0, 0.1) is 0 Å². The summed E-state index contributed by atoms with van der Waals surface area (Å²) in [6.45, 7) is 0. The summed E-state index contributed by atoms with van der Waals surface area (Å²) in [6.07, 6.45) is 3.22. The molecular formula is C14H10N2O2S2. The number of nitrogens with zero attached hydrogens (tertiary/aromatic N) is 1. The number of benzene rings is 1. The Hall–Kier alpha value is -1.89. The van der Waals surface area contributed by atoms with Gasteiger partial charge in [0.2, 0.25) is 0 Å². The van der Waals surface area contributed by atoms with Crippen molar-refractivity contribution in [2.75, 3.05) is 0 Å². The molecule has 2 aromatic heterocycles. The lowest BCUT2D eigenvalue weighted by Gasteiger charge is -2.09. The average molecular weight is 302 g/mol. The molecule has 0 saturated carbocycles. The van der Waals surface area contributed by atoms with Crippen LogP contribution in [0.3, 0.4) is 0 Å². The van der Waals surface area contributed by atoms with Crippen LogP contribution in [0.5, 0.6) is 0 Å². The Morgan fingerprint density at radius 3 is 2.70 bits per heavy atom. The normalized spacial score (nSPS) is 12.4. The van der Waals surface area contributed by atoms with Crippen molar-refractivity contribution in [2.45, 2.75) is 9.79 Å². The summed E-state index contributed by atoms with van der Waals surface area (Å²) in [5.74, 6) is -0.484. The fourth-order valence-corrected chi connectivity index (χ4v) is 4.03. The van der Waals surface area contributed by atoms with Gasteiger partial charge >= 0.3 is 0 Å². The van der Waals surface area contributed by atoms with E-state index in [-0.39, 0.29) is 0 Å². The summed E-state index contributed by atoms with van der Waals surface area (Å²) in [6, 6.07) is 10.8. The molecule has 0 bridgehead atoms. The van der Waals surface area contributed by atoms with Crippen molar-refractivity contribution in [3.8, 4) is 0 Å². The van der Waals surface area contributed by atoms with Crippen molar-refractivity contribution < 1.29 is 9.35 Å². The van der Waals surface area contributed by atoms with E-state index in [2.05, 4.69) is 4.98 Å². The lowest BCUT2D eigenvalue weighted by atomic mass is 10.3. The lowest BCUT2D eigenvalue weighted by Crippen LogP contribution is -2.08. The highest BCUT2D eigenvalue weighted by molar-refractivity contribution is 7.91. The number of aromatic nitrogens is 1. The fourth-order valence-electron chi connectivity index (χ4n) is 1.88. The maximum absolute atomic E-state index is 12.6. The van der Waals surface area contributed by atoms with Gasteiger partial charge in [0.1, 0.15) is 0 Å². The highest BCUT2D eigenvalue weighted by atomic mass is 32.2. The first-order valence-corrected chi connectivity index (χ1v) is 7.77. The van der Waals surface area contributed by atoms with Crippen molar-refractivity contribution in [1.29, 1.82) is 0 Å². The van der Waals surface area contributed by atoms with Crippen LogP contribution in [-0.2, 0) is 11.2 Å². The molecule has 0 fully saturated rings. The van der Waals surface area contributed by atoms with Crippen molar-refractivity contribution in [2.24, 2.45) is 5.73 Å². The standard InChI is InChI=1S/C14H10N2O2S2/c15-14(17)11-6-10-12(19-11)7-16-8-13(10)20(18)9-4-2-1-3-5-9/h1-8H,(H2,15,17). The number of hydrogen-bond acceptors (Lipinski definition) is 4. The van der Waals surface area contributed by atoms with Gasteiger partial charge in [0.25, 0.3) is 5.91 Å². The summed E-state index contributed by atoms with van der Waals surface area (Å²) in [7, 11) is 0. The Morgan fingerprint density at radius 1 is 1.25 bits per heavy atom. The minimum Gasteiger partial charge on any atom is -0.606 e. The number of carbonyl (C=O) groups is 1. The molecule has 4 nitrogen and oxygen atoms in total. The van der Waals surface area contributed by atoms with Crippen LogP contribution in [0.2, 0.25) is 0 Å². The topological polar surface area (TPSA) is 79.0 Å². The summed E-state index contributed by atoms with van der Waals surface area (Å²) < 4.78 is 13.4. The van der Waals surface area contributed by atoms with E-state index in [9.17, 15) is 9.35 Å². The maximum atomic E-state index is 12.6. The summed E-state index contributed by atoms with van der Waals surface area (Å²) in [5, 5.41) is 0.765. The number of thiophene rings is 1. The molecule has 0 radical (unpaired) electrons. The smallest absolute Gasteiger partial charge is 0.258 e. The van der Waals surface area contributed by atoms with E-state index in [1.165, 1.54) is 11.3 Å². The number of carbonyl (C=O) groups excluding carboxylic acids is 1. The van der Waals surface area contributed by atoms with E-state index in [0.717, 1.165) is 10.1 Å². The van der Waals surface area contributed by atoms with E-state index >= 15 is 0 Å². The van der Waals surface area contributed by atoms with Gasteiger partial charge in [-0.1, -0.05) is 18.2 Å². The number of fused-ring (bicyclic) bond motifs is 1. The molecule has 2 N–H and O–H groups in total. The number of primary amides is 1. The first-order valence-electron chi connectivity index (χ1n) is 5.81. The van der Waals surface area contributed by atoms with Gasteiger partial charge < -0.3 is 10.3 Å². The van der Waals surface area contributed by atoms with Gasteiger partial charge in [0.15, 0.2) is 9.79 Å². The van der Waals surface area contributed by atoms with E-state index in [1.807, 2.05) is 18.2 Å². The third-order valence-electron chi connectivity index (χ3n) is 2.81. The van der Waals surface area contributed by atoms with Gasteiger partial charge in [-0.05, 0) is 18.2 Å². The maximum Gasteiger partial charge on any atom is 0.258 e. The summed E-state index contributed by atoms with van der Waals surface area (Å²) in [4.78, 5) is 17.1. The van der Waals surface area contributed by atoms with Crippen molar-refractivity contribution >= 4 is 38.5 Å². The fraction of sp³-hybridized carbons (Fsp3) is 0. The molecule has 3 rings (SSSR count). The Morgan fingerprint density at radius 2 is 2.00 bits per heavy atom. The quantitative estimate of drug-likeness (QED) is 0.755. The molecule has 6 heteroatoms. The third-order valence-corrected chi connectivity index (χ3v) is 5.32. The second-order valence-electron chi connectivity index (χ2n) is 4.11. The second-order valence-corrected chi connectivity index (χ2v) is 6.64. The monoisotopic (exact) mass is 302 g/mol. The minimum atomic E-state index is -1.33. The molecule has 0 aliphatic heterocycles. The molecule has 0 saturated heterocycles. The second kappa shape index (κ2) is 5.24. The van der Waals surface area contributed by atoms with Crippen molar-refractivity contribution in [1.82, 2.24) is 4.98 Å². The Kier molecular flexibility index (Phi) is 3.43. The molecule has 0 aliphatic rings. The van der Waals surface area contributed by atoms with Gasteiger partial charge in [0.05, 0.1) is 21.2 Å². The molecule has 3 aromatic rings. The Labute approximate surface area is 122 Å². The number of hydrogen-bond donors (Lipinski definition) is 1. The van der Waals surface area contributed by atoms with Gasteiger partial charge in [-0.3, -0.25) is 9.78 Å². The number of pyridine rings is 1. The van der Waals surface area contributed by atoms with E-state index in [0.29, 0.717) is 14.7 Å². The van der Waals surface area contributed by atoms with E-state index in [4.69, 9.17) is 5.73 Å². The number of amides is 1. The minimum absolute atomic E-state index is 0.444. The summed E-state index contributed by atoms with van der Waals surface area (Å²) in [5.41, 5.74) is 5.29. The SMILES string of the molecule is NC(=O)c1cc2c([S+]([O-])c3ccccc3)cncc2s1. The molecule has 1 unspecified atom stereocenters. The molecule has 0 aliphatic carbocycles. The predicted octanol–water partition coefficient (Wildman–Crippen LogP) is 2.56. The van der Waals surface area contributed by atoms with Crippen LogP contribution in [0.1, 0.15) is 9.67 Å². The molecule has 1 amide bonds. The molecule has 100 valence electrons. The van der Waals surface area contributed by atoms with Crippen LogP contribution >= 0.6 is 11.3 Å². The lowest BCUT2D eigenvalue weighted by molar-refractivity contribution is 0.100. The van der Waals surface area contributed by atoms with Gasteiger partial charge in [0, 0.05) is 17.4 Å². The van der Waals surface area contributed by atoms with Crippen LogP contribution in [0.4, 0.5) is 0 Å². The van der Waals surface area contributed by atoms with Crippen LogP contribution in [0.25, 0.3) is 10.1 Å². The largest absolute Gasteiger partial charge is 0.606 e. The number of nitrogens with two attached hydrogens (primary N) is 1. The van der Waals surface area contributed by atoms with Gasteiger partial charge in [-0.15, -0.1) is 11.3 Å². The van der Waals surface area contributed by atoms with Gasteiger partial charge in [-0.2, -0.15) is 0 Å². The van der Waals surface area contributed by atoms with Gasteiger partial charge in [-0.25, -0.2) is 0 Å². The summed E-state index contributed by atoms with van der Waals surface area (Å²) >= 11 is -0.0685. The van der Waals surface area contributed by atoms with Crippen molar-refractivity contribution in [3.63, 3.8) is 0 Å².